The summed E-state index contributed by atoms with van der Waals surface area (Å²) in [6, 6.07) is 20.6. The molecule has 3 nitrogen and oxygen atoms in total. The second kappa shape index (κ2) is 7.93. The van der Waals surface area contributed by atoms with Crippen LogP contribution in [0, 0.1) is 0 Å². The van der Waals surface area contributed by atoms with Crippen LogP contribution in [0.4, 0.5) is 0 Å². The van der Waals surface area contributed by atoms with Gasteiger partial charge in [-0.3, -0.25) is 9.69 Å². The fraction of sp³-hybridized carbons (Fsp3) is 0.286. The molecule has 0 fully saturated rings. The third-order valence-electron chi connectivity index (χ3n) is 4.48. The predicted molar refractivity (Wildman–Crippen MR) is 97.4 cm³/mol. The van der Waals surface area contributed by atoms with Gasteiger partial charge in [0.05, 0.1) is 6.04 Å². The van der Waals surface area contributed by atoms with Gasteiger partial charge in [-0.15, -0.1) is 0 Å². The minimum absolute atomic E-state index is 0.0296. The van der Waals surface area contributed by atoms with Gasteiger partial charge in [-0.05, 0) is 24.5 Å². The lowest BCUT2D eigenvalue weighted by atomic mass is 10.0. The number of amides is 1. The fourth-order valence-corrected chi connectivity index (χ4v) is 3.02. The molecule has 2 aromatic rings. The summed E-state index contributed by atoms with van der Waals surface area (Å²) in [5.41, 5.74) is 3.35. The molecule has 124 valence electrons. The molecule has 1 heterocycles. The summed E-state index contributed by atoms with van der Waals surface area (Å²) in [6.07, 6.45) is 2.87. The quantitative estimate of drug-likeness (QED) is 0.911. The van der Waals surface area contributed by atoms with E-state index < -0.39 is 0 Å². The number of hydrogen-bond donors (Lipinski definition) is 1. The van der Waals surface area contributed by atoms with Crippen molar-refractivity contribution in [1.82, 2.24) is 10.2 Å². The largest absolute Gasteiger partial charge is 0.346 e. The van der Waals surface area contributed by atoms with Crippen molar-refractivity contribution < 1.29 is 4.79 Å². The minimum atomic E-state index is 0.0296. The summed E-state index contributed by atoms with van der Waals surface area (Å²) in [5.74, 6) is 0.0608. The van der Waals surface area contributed by atoms with E-state index in [1.165, 1.54) is 5.56 Å². The predicted octanol–water partition coefficient (Wildman–Crippen LogP) is 3.70. The van der Waals surface area contributed by atoms with Gasteiger partial charge in [-0.2, -0.15) is 0 Å². The van der Waals surface area contributed by atoms with E-state index in [1.54, 1.807) is 0 Å². The van der Waals surface area contributed by atoms with Crippen LogP contribution in [0.3, 0.4) is 0 Å². The number of carbonyl (C=O) groups is 1. The molecule has 2 aromatic carbocycles. The van der Waals surface area contributed by atoms with Gasteiger partial charge in [-0.25, -0.2) is 0 Å². The van der Waals surface area contributed by atoms with Gasteiger partial charge >= 0.3 is 0 Å². The van der Waals surface area contributed by atoms with Crippen LogP contribution in [0.5, 0.6) is 0 Å². The van der Waals surface area contributed by atoms with Gasteiger partial charge in [-0.1, -0.05) is 66.7 Å². The first-order valence-electron chi connectivity index (χ1n) is 8.53. The Kier molecular flexibility index (Phi) is 5.44. The van der Waals surface area contributed by atoms with E-state index in [1.807, 2.05) is 43.3 Å². The smallest absolute Gasteiger partial charge is 0.247 e. The molecule has 1 aliphatic rings. The van der Waals surface area contributed by atoms with Crippen LogP contribution in [-0.2, 0) is 11.3 Å². The topological polar surface area (TPSA) is 32.3 Å². The first-order chi connectivity index (χ1) is 11.7. The molecule has 0 unspecified atom stereocenters. The monoisotopic (exact) mass is 320 g/mol. The van der Waals surface area contributed by atoms with Crippen molar-refractivity contribution in [1.29, 1.82) is 0 Å². The van der Waals surface area contributed by atoms with E-state index in [4.69, 9.17) is 0 Å². The minimum Gasteiger partial charge on any atom is -0.346 e. The number of carbonyl (C=O) groups excluding carboxylic acids is 1. The maximum atomic E-state index is 12.4. The molecule has 0 saturated heterocycles. The summed E-state index contributed by atoms with van der Waals surface area (Å²) in [7, 11) is 0. The maximum absolute atomic E-state index is 12.4. The lowest BCUT2D eigenvalue weighted by molar-refractivity contribution is -0.118. The SMILES string of the molecule is C[C@H](NC(=O)C1=CCN(Cc2ccccc2)CC1)c1ccccc1. The molecular weight excluding hydrogens is 296 g/mol. The first kappa shape index (κ1) is 16.5. The van der Waals surface area contributed by atoms with E-state index in [0.717, 1.165) is 37.2 Å². The van der Waals surface area contributed by atoms with Crippen molar-refractivity contribution in [2.24, 2.45) is 0 Å². The average Bonchev–Trinajstić information content (AvgIpc) is 2.64. The van der Waals surface area contributed by atoms with Crippen molar-refractivity contribution in [3.8, 4) is 0 Å². The lowest BCUT2D eigenvalue weighted by Gasteiger charge is -2.26. The van der Waals surface area contributed by atoms with Crippen molar-refractivity contribution in [2.45, 2.75) is 25.9 Å². The third kappa shape index (κ3) is 4.33. The van der Waals surface area contributed by atoms with Gasteiger partial charge in [0.1, 0.15) is 0 Å². The van der Waals surface area contributed by atoms with Crippen molar-refractivity contribution in [2.75, 3.05) is 13.1 Å². The highest BCUT2D eigenvalue weighted by Gasteiger charge is 2.18. The van der Waals surface area contributed by atoms with Crippen molar-refractivity contribution in [3.05, 3.63) is 83.4 Å². The highest BCUT2D eigenvalue weighted by atomic mass is 16.1. The Morgan fingerprint density at radius 2 is 1.75 bits per heavy atom. The molecule has 0 saturated carbocycles. The summed E-state index contributed by atoms with van der Waals surface area (Å²) >= 11 is 0. The third-order valence-corrected chi connectivity index (χ3v) is 4.48. The fourth-order valence-electron chi connectivity index (χ4n) is 3.02. The molecule has 1 amide bonds. The molecule has 3 rings (SSSR count). The van der Waals surface area contributed by atoms with Crippen LogP contribution in [0.1, 0.15) is 30.5 Å². The summed E-state index contributed by atoms with van der Waals surface area (Å²) in [6.45, 7) is 4.72. The van der Waals surface area contributed by atoms with Crippen molar-refractivity contribution in [3.63, 3.8) is 0 Å². The molecule has 0 aromatic heterocycles. The van der Waals surface area contributed by atoms with Crippen LogP contribution in [0.2, 0.25) is 0 Å². The van der Waals surface area contributed by atoms with E-state index in [-0.39, 0.29) is 11.9 Å². The van der Waals surface area contributed by atoms with Gasteiger partial charge in [0, 0.05) is 25.2 Å². The number of benzene rings is 2. The molecule has 1 atom stereocenters. The second-order valence-corrected chi connectivity index (χ2v) is 6.31. The van der Waals surface area contributed by atoms with Crippen LogP contribution < -0.4 is 5.32 Å². The van der Waals surface area contributed by atoms with Gasteiger partial charge < -0.3 is 5.32 Å². The highest BCUT2D eigenvalue weighted by molar-refractivity contribution is 5.93. The van der Waals surface area contributed by atoms with E-state index in [0.29, 0.717) is 0 Å². The lowest BCUT2D eigenvalue weighted by Crippen LogP contribution is -2.34. The summed E-state index contributed by atoms with van der Waals surface area (Å²) < 4.78 is 0. The number of nitrogens with one attached hydrogen (secondary N) is 1. The van der Waals surface area contributed by atoms with Crippen molar-refractivity contribution >= 4 is 5.91 Å². The Labute approximate surface area is 144 Å². The van der Waals surface area contributed by atoms with Gasteiger partial charge in [0.25, 0.3) is 0 Å². The molecular formula is C21H24N2O. The van der Waals surface area contributed by atoms with Gasteiger partial charge in [0.2, 0.25) is 5.91 Å². The van der Waals surface area contributed by atoms with Gasteiger partial charge in [0.15, 0.2) is 0 Å². The van der Waals surface area contributed by atoms with Crippen LogP contribution in [0.15, 0.2) is 72.3 Å². The Bertz CT molecular complexity index is 694. The molecule has 0 radical (unpaired) electrons. The number of rotatable bonds is 5. The highest BCUT2D eigenvalue weighted by Crippen LogP contribution is 2.16. The molecule has 1 aliphatic heterocycles. The van der Waals surface area contributed by atoms with E-state index in [2.05, 4.69) is 40.6 Å². The number of nitrogens with zero attached hydrogens (tertiary/aromatic N) is 1. The molecule has 24 heavy (non-hydrogen) atoms. The number of hydrogen-bond acceptors (Lipinski definition) is 2. The zero-order valence-electron chi connectivity index (χ0n) is 14.1. The first-order valence-corrected chi connectivity index (χ1v) is 8.53. The average molecular weight is 320 g/mol. The maximum Gasteiger partial charge on any atom is 0.247 e. The molecule has 0 spiro atoms. The molecule has 0 aliphatic carbocycles. The van der Waals surface area contributed by atoms with E-state index in [9.17, 15) is 4.79 Å². The standard InChI is InChI=1S/C21H24N2O/c1-17(19-10-6-3-7-11-19)22-21(24)20-12-14-23(15-13-20)16-18-8-4-2-5-9-18/h2-12,17H,13-16H2,1H3,(H,22,24)/t17-/m0/s1. The zero-order chi connectivity index (χ0) is 16.8. The summed E-state index contributed by atoms with van der Waals surface area (Å²) in [5, 5.41) is 3.10. The summed E-state index contributed by atoms with van der Waals surface area (Å²) in [4.78, 5) is 14.8. The molecule has 3 heteroatoms. The Balaban J connectivity index is 1.53. The van der Waals surface area contributed by atoms with Crippen LogP contribution >= 0.6 is 0 Å². The Morgan fingerprint density at radius 3 is 2.38 bits per heavy atom. The Morgan fingerprint density at radius 1 is 1.08 bits per heavy atom. The van der Waals surface area contributed by atoms with Crippen LogP contribution in [0.25, 0.3) is 0 Å². The second-order valence-electron chi connectivity index (χ2n) is 6.31. The Hall–Kier alpha value is -2.39. The molecule has 0 bridgehead atoms. The van der Waals surface area contributed by atoms with Crippen LogP contribution in [-0.4, -0.2) is 23.9 Å². The normalized spacial score (nSPS) is 16.3. The molecule has 1 N–H and O–H groups in total. The zero-order valence-corrected chi connectivity index (χ0v) is 14.1. The van der Waals surface area contributed by atoms with E-state index >= 15 is 0 Å².